The molecule has 156 valence electrons. The molecule has 0 saturated carbocycles. The van der Waals surface area contributed by atoms with Gasteiger partial charge in [-0.05, 0) is 6.42 Å². The number of hydrogen-bond donors (Lipinski definition) is 4. The second-order valence-electron chi connectivity index (χ2n) is 6.69. The van der Waals surface area contributed by atoms with Gasteiger partial charge in [0.05, 0.1) is 0 Å². The highest BCUT2D eigenvalue weighted by Gasteiger charge is 2.00. The van der Waals surface area contributed by atoms with E-state index in [1.165, 1.54) is 64.2 Å². The summed E-state index contributed by atoms with van der Waals surface area (Å²) in [5.74, 6) is -0.648. The number of hydrogen-bond acceptors (Lipinski definition) is 4. The first kappa shape index (κ1) is 27.1. The molecule has 0 atom stereocenters. The fraction of sp³-hybridized carbons (Fsp3) is 0.900. The predicted molar refractivity (Wildman–Crippen MR) is 109 cm³/mol. The lowest BCUT2D eigenvalue weighted by molar-refractivity contribution is -0.134. The Morgan fingerprint density at radius 1 is 0.808 bits per heavy atom. The lowest BCUT2D eigenvalue weighted by Gasteiger charge is -2.06. The van der Waals surface area contributed by atoms with Gasteiger partial charge >= 0.3 is 0 Å². The van der Waals surface area contributed by atoms with E-state index < -0.39 is 5.97 Å². The quantitative estimate of drug-likeness (QED) is 0.292. The molecule has 6 heteroatoms. The molecule has 0 aliphatic heterocycles. The molecule has 0 aliphatic carbocycles. The SMILES string of the molecule is CC(=O)O.CCCCCCCCCCCCCC(=O)NCCNCCN. The summed E-state index contributed by atoms with van der Waals surface area (Å²) in [6.45, 7) is 6.32. The van der Waals surface area contributed by atoms with Crippen LogP contribution in [0.3, 0.4) is 0 Å². The molecule has 6 nitrogen and oxygen atoms in total. The van der Waals surface area contributed by atoms with E-state index in [1.807, 2.05) is 0 Å². The van der Waals surface area contributed by atoms with Crippen molar-refractivity contribution in [2.75, 3.05) is 26.2 Å². The van der Waals surface area contributed by atoms with Crippen LogP contribution in [-0.2, 0) is 9.59 Å². The Morgan fingerprint density at radius 3 is 1.73 bits per heavy atom. The molecule has 26 heavy (non-hydrogen) atoms. The number of nitrogens with one attached hydrogen (secondary N) is 2. The van der Waals surface area contributed by atoms with Crippen LogP contribution in [-0.4, -0.2) is 43.2 Å². The van der Waals surface area contributed by atoms with Gasteiger partial charge in [0.25, 0.3) is 5.97 Å². The van der Waals surface area contributed by atoms with Crippen LogP contribution in [0.15, 0.2) is 0 Å². The molecule has 0 radical (unpaired) electrons. The van der Waals surface area contributed by atoms with Gasteiger partial charge < -0.3 is 21.5 Å². The number of carbonyl (C=O) groups is 2. The van der Waals surface area contributed by atoms with Crippen LogP contribution in [0, 0.1) is 0 Å². The van der Waals surface area contributed by atoms with Crippen LogP contribution in [0.4, 0.5) is 0 Å². The van der Waals surface area contributed by atoms with Crippen molar-refractivity contribution in [3.63, 3.8) is 0 Å². The summed E-state index contributed by atoms with van der Waals surface area (Å²) in [5, 5.41) is 13.5. The highest BCUT2D eigenvalue weighted by atomic mass is 16.4. The smallest absolute Gasteiger partial charge is 0.300 e. The van der Waals surface area contributed by atoms with Crippen LogP contribution < -0.4 is 16.4 Å². The molecule has 0 spiro atoms. The minimum atomic E-state index is -0.833. The van der Waals surface area contributed by atoms with Gasteiger partial charge in [-0.25, -0.2) is 0 Å². The zero-order valence-corrected chi connectivity index (χ0v) is 17.2. The maximum absolute atomic E-state index is 11.6. The molecule has 0 bridgehead atoms. The molecular formula is C20H43N3O3. The molecule has 0 heterocycles. The number of amides is 1. The largest absolute Gasteiger partial charge is 0.481 e. The number of rotatable bonds is 17. The van der Waals surface area contributed by atoms with Crippen LogP contribution in [0.2, 0.25) is 0 Å². The van der Waals surface area contributed by atoms with Crippen molar-refractivity contribution in [3.05, 3.63) is 0 Å². The standard InChI is InChI=1S/C18H39N3O.C2H4O2/c1-2-3-4-5-6-7-8-9-10-11-12-13-18(22)21-17-16-20-15-14-19;1-2(3)4/h20H,2-17,19H2,1H3,(H,21,22);1H3,(H,3,4). The summed E-state index contributed by atoms with van der Waals surface area (Å²) in [4.78, 5) is 20.6. The van der Waals surface area contributed by atoms with Gasteiger partial charge in [-0.2, -0.15) is 0 Å². The molecule has 0 unspecified atom stereocenters. The third-order valence-electron chi connectivity index (χ3n) is 3.95. The van der Waals surface area contributed by atoms with Crippen LogP contribution in [0.5, 0.6) is 0 Å². The summed E-state index contributed by atoms with van der Waals surface area (Å²) >= 11 is 0. The highest BCUT2D eigenvalue weighted by molar-refractivity contribution is 5.75. The molecule has 0 saturated heterocycles. The summed E-state index contributed by atoms with van der Waals surface area (Å²) in [7, 11) is 0. The second kappa shape index (κ2) is 23.9. The average Bonchev–Trinajstić information content (AvgIpc) is 2.59. The van der Waals surface area contributed by atoms with E-state index in [0.717, 1.165) is 26.4 Å². The summed E-state index contributed by atoms with van der Waals surface area (Å²) < 4.78 is 0. The summed E-state index contributed by atoms with van der Waals surface area (Å²) in [5.41, 5.74) is 5.37. The van der Waals surface area contributed by atoms with Crippen molar-refractivity contribution in [1.82, 2.24) is 10.6 Å². The zero-order valence-electron chi connectivity index (χ0n) is 17.2. The topological polar surface area (TPSA) is 104 Å². The molecule has 0 rings (SSSR count). The number of carboxylic acid groups (broad SMARTS) is 1. The third-order valence-corrected chi connectivity index (χ3v) is 3.95. The minimum absolute atomic E-state index is 0.186. The van der Waals surface area contributed by atoms with Crippen molar-refractivity contribution in [2.24, 2.45) is 5.73 Å². The Kier molecular flexibility index (Phi) is 24.9. The van der Waals surface area contributed by atoms with Gasteiger partial charge in [-0.3, -0.25) is 9.59 Å². The van der Waals surface area contributed by atoms with Gasteiger partial charge in [0, 0.05) is 39.5 Å². The molecule has 1 amide bonds. The fourth-order valence-electron chi connectivity index (χ4n) is 2.56. The van der Waals surface area contributed by atoms with Gasteiger partial charge in [0.15, 0.2) is 0 Å². The Bertz CT molecular complexity index is 309. The van der Waals surface area contributed by atoms with Gasteiger partial charge in [0.2, 0.25) is 5.91 Å². The average molecular weight is 374 g/mol. The summed E-state index contributed by atoms with van der Waals surface area (Å²) in [6, 6.07) is 0. The van der Waals surface area contributed by atoms with E-state index in [0.29, 0.717) is 19.5 Å². The van der Waals surface area contributed by atoms with Crippen molar-refractivity contribution < 1.29 is 14.7 Å². The Hall–Kier alpha value is -1.14. The number of nitrogens with two attached hydrogens (primary N) is 1. The van der Waals surface area contributed by atoms with Crippen LogP contribution >= 0.6 is 0 Å². The van der Waals surface area contributed by atoms with Crippen molar-refractivity contribution in [2.45, 2.75) is 90.9 Å². The highest BCUT2D eigenvalue weighted by Crippen LogP contribution is 2.11. The minimum Gasteiger partial charge on any atom is -0.481 e. The van der Waals surface area contributed by atoms with Crippen LogP contribution in [0.1, 0.15) is 90.9 Å². The van der Waals surface area contributed by atoms with Crippen molar-refractivity contribution >= 4 is 11.9 Å². The zero-order chi connectivity index (χ0) is 19.9. The predicted octanol–water partition coefficient (Wildman–Crippen LogP) is 3.44. The normalized spacial score (nSPS) is 10.1. The van der Waals surface area contributed by atoms with Crippen molar-refractivity contribution in [3.8, 4) is 0 Å². The first-order valence-corrected chi connectivity index (χ1v) is 10.4. The maximum Gasteiger partial charge on any atom is 0.300 e. The van der Waals surface area contributed by atoms with Gasteiger partial charge in [-0.15, -0.1) is 0 Å². The third kappa shape index (κ3) is 30.7. The van der Waals surface area contributed by atoms with Gasteiger partial charge in [-0.1, -0.05) is 71.1 Å². The van der Waals surface area contributed by atoms with Crippen LogP contribution in [0.25, 0.3) is 0 Å². The molecule has 0 aromatic carbocycles. The Labute approximate surface area is 160 Å². The second-order valence-corrected chi connectivity index (χ2v) is 6.69. The first-order valence-electron chi connectivity index (χ1n) is 10.4. The maximum atomic E-state index is 11.6. The van der Waals surface area contributed by atoms with Crippen molar-refractivity contribution in [1.29, 1.82) is 0 Å². The molecule has 0 fully saturated rings. The molecular weight excluding hydrogens is 330 g/mol. The Morgan fingerprint density at radius 2 is 1.27 bits per heavy atom. The Balaban J connectivity index is 0. The van der Waals surface area contributed by atoms with E-state index in [1.54, 1.807) is 0 Å². The molecule has 0 aliphatic rings. The lowest BCUT2D eigenvalue weighted by Crippen LogP contribution is -2.33. The number of carbonyl (C=O) groups excluding carboxylic acids is 1. The number of aliphatic carboxylic acids is 1. The van der Waals surface area contributed by atoms with E-state index in [2.05, 4.69) is 17.6 Å². The fourth-order valence-corrected chi connectivity index (χ4v) is 2.56. The van der Waals surface area contributed by atoms with Gasteiger partial charge in [0.1, 0.15) is 0 Å². The van der Waals surface area contributed by atoms with E-state index in [9.17, 15) is 4.79 Å². The van der Waals surface area contributed by atoms with E-state index in [-0.39, 0.29) is 5.91 Å². The molecule has 0 aromatic heterocycles. The van der Waals surface area contributed by atoms with E-state index in [4.69, 9.17) is 15.6 Å². The molecule has 0 aromatic rings. The first-order chi connectivity index (χ1) is 12.5. The number of carboxylic acids is 1. The lowest BCUT2D eigenvalue weighted by atomic mass is 10.1. The molecule has 5 N–H and O–H groups in total. The monoisotopic (exact) mass is 373 g/mol. The summed E-state index contributed by atoms with van der Waals surface area (Å²) in [6.07, 6.45) is 15.2. The number of unbranched alkanes of at least 4 members (excludes halogenated alkanes) is 10. The van der Waals surface area contributed by atoms with E-state index >= 15 is 0 Å².